The Labute approximate surface area is 137 Å². The van der Waals surface area contributed by atoms with Crippen molar-refractivity contribution in [3.05, 3.63) is 35.4 Å². The summed E-state index contributed by atoms with van der Waals surface area (Å²) in [4.78, 5) is 0. The average Bonchev–Trinajstić information content (AvgIpc) is 2.44. The molecule has 0 radical (unpaired) electrons. The van der Waals surface area contributed by atoms with Gasteiger partial charge >= 0.3 is 23.9 Å². The van der Waals surface area contributed by atoms with Crippen LogP contribution < -0.4 is 0 Å². The molecule has 0 amide bonds. The first-order valence-electron chi connectivity index (χ1n) is 7.02. The van der Waals surface area contributed by atoms with Crippen molar-refractivity contribution in [3.63, 3.8) is 0 Å². The number of halogens is 9. The third-order valence-electron chi connectivity index (χ3n) is 3.75. The normalized spacial score (nSPS) is 16.6. The summed E-state index contributed by atoms with van der Waals surface area (Å²) >= 11 is 0. The second-order valence-corrected chi connectivity index (χ2v) is 5.81. The first-order chi connectivity index (χ1) is 11.0. The van der Waals surface area contributed by atoms with Crippen molar-refractivity contribution in [2.24, 2.45) is 0 Å². The summed E-state index contributed by atoms with van der Waals surface area (Å²) in [5.41, 5.74) is -2.77. The molecule has 1 unspecified atom stereocenters. The SMILES string of the molecule is CCc1ccccc1C(C)(O)CC(F)(F)C(F)(F)C(F)(F)C(F)(F)F. The summed E-state index contributed by atoms with van der Waals surface area (Å²) in [6, 6.07) is 5.23. The fourth-order valence-electron chi connectivity index (χ4n) is 2.40. The van der Waals surface area contributed by atoms with Crippen molar-refractivity contribution < 1.29 is 44.6 Å². The van der Waals surface area contributed by atoms with Crippen LogP contribution in [0.3, 0.4) is 0 Å². The smallest absolute Gasteiger partial charge is 0.385 e. The average molecular weight is 382 g/mol. The Morgan fingerprint density at radius 1 is 0.840 bits per heavy atom. The Bertz CT molecular complexity index is 605. The van der Waals surface area contributed by atoms with Gasteiger partial charge in [0.2, 0.25) is 0 Å². The minimum atomic E-state index is -6.97. The standard InChI is InChI=1S/C15H15F9O/c1-3-9-6-4-5-7-10(9)11(2,25)8-12(16,17)13(18,19)14(20,21)15(22,23)24/h4-7,25H,3,8H2,1-2H3. The Kier molecular flexibility index (Phi) is 5.50. The quantitative estimate of drug-likeness (QED) is 0.661. The molecule has 0 fully saturated rings. The van der Waals surface area contributed by atoms with Gasteiger partial charge in [-0.3, -0.25) is 0 Å². The zero-order valence-electron chi connectivity index (χ0n) is 13.1. The van der Waals surface area contributed by atoms with Gasteiger partial charge in [0.25, 0.3) is 0 Å². The highest BCUT2D eigenvalue weighted by Gasteiger charge is 2.81. The summed E-state index contributed by atoms with van der Waals surface area (Å²) in [5.74, 6) is -19.6. The van der Waals surface area contributed by atoms with Gasteiger partial charge < -0.3 is 5.11 Å². The van der Waals surface area contributed by atoms with E-state index in [2.05, 4.69) is 0 Å². The summed E-state index contributed by atoms with van der Waals surface area (Å²) in [6.45, 7) is 2.21. The maximum absolute atomic E-state index is 13.8. The van der Waals surface area contributed by atoms with Crippen LogP contribution in [0.25, 0.3) is 0 Å². The van der Waals surface area contributed by atoms with Crippen molar-refractivity contribution >= 4 is 0 Å². The van der Waals surface area contributed by atoms with E-state index in [4.69, 9.17) is 0 Å². The van der Waals surface area contributed by atoms with Gasteiger partial charge in [0.05, 0.1) is 12.0 Å². The lowest BCUT2D eigenvalue weighted by Gasteiger charge is -2.37. The van der Waals surface area contributed by atoms with Crippen LogP contribution in [0.15, 0.2) is 24.3 Å². The van der Waals surface area contributed by atoms with E-state index >= 15 is 0 Å². The van der Waals surface area contributed by atoms with Crippen LogP contribution in [0.4, 0.5) is 39.5 Å². The number of alkyl halides is 9. The second kappa shape index (κ2) is 6.37. The Hall–Kier alpha value is -1.45. The van der Waals surface area contributed by atoms with Gasteiger partial charge in [-0.15, -0.1) is 0 Å². The van der Waals surface area contributed by atoms with Gasteiger partial charge in [-0.1, -0.05) is 31.2 Å². The Morgan fingerprint density at radius 3 is 1.76 bits per heavy atom. The molecule has 10 heteroatoms. The summed E-state index contributed by atoms with van der Waals surface area (Å²) in [7, 11) is 0. The molecule has 0 spiro atoms. The van der Waals surface area contributed by atoms with Crippen molar-refractivity contribution in [2.75, 3.05) is 0 Å². The van der Waals surface area contributed by atoms with Crippen LogP contribution in [-0.2, 0) is 12.0 Å². The monoisotopic (exact) mass is 382 g/mol. The Balaban J connectivity index is 3.30. The van der Waals surface area contributed by atoms with Gasteiger partial charge in [0.15, 0.2) is 0 Å². The summed E-state index contributed by atoms with van der Waals surface area (Å²) in [5, 5.41) is 10.1. The fraction of sp³-hybridized carbons (Fsp3) is 0.600. The van der Waals surface area contributed by atoms with Crippen LogP contribution in [0.2, 0.25) is 0 Å². The van der Waals surface area contributed by atoms with Gasteiger partial charge in [0.1, 0.15) is 0 Å². The molecule has 1 aromatic carbocycles. The number of aryl methyl sites for hydroxylation is 1. The molecule has 0 bridgehead atoms. The lowest BCUT2D eigenvalue weighted by atomic mass is 9.83. The van der Waals surface area contributed by atoms with E-state index in [-0.39, 0.29) is 17.5 Å². The maximum atomic E-state index is 13.8. The van der Waals surface area contributed by atoms with Gasteiger partial charge in [0, 0.05) is 0 Å². The molecule has 0 heterocycles. The third kappa shape index (κ3) is 3.73. The molecule has 1 atom stereocenters. The molecule has 0 saturated carbocycles. The van der Waals surface area contributed by atoms with Gasteiger partial charge in [-0.05, 0) is 24.5 Å². The molecule has 25 heavy (non-hydrogen) atoms. The Morgan fingerprint density at radius 2 is 1.32 bits per heavy atom. The molecule has 0 saturated heterocycles. The van der Waals surface area contributed by atoms with Crippen molar-refractivity contribution in [1.29, 1.82) is 0 Å². The largest absolute Gasteiger partial charge is 0.460 e. The van der Waals surface area contributed by atoms with Crippen LogP contribution >= 0.6 is 0 Å². The van der Waals surface area contributed by atoms with E-state index in [1.54, 1.807) is 6.92 Å². The van der Waals surface area contributed by atoms with Crippen LogP contribution in [-0.4, -0.2) is 29.1 Å². The third-order valence-corrected chi connectivity index (χ3v) is 3.75. The lowest BCUT2D eigenvalue weighted by Crippen LogP contribution is -2.62. The summed E-state index contributed by atoms with van der Waals surface area (Å²) < 4.78 is 116. The highest BCUT2D eigenvalue weighted by molar-refractivity contribution is 5.32. The van der Waals surface area contributed by atoms with E-state index in [0.717, 1.165) is 6.07 Å². The topological polar surface area (TPSA) is 20.2 Å². The molecular weight excluding hydrogens is 367 g/mol. The molecule has 1 rings (SSSR count). The zero-order valence-corrected chi connectivity index (χ0v) is 13.1. The minimum absolute atomic E-state index is 0.187. The molecule has 0 aliphatic heterocycles. The molecule has 1 N–H and O–H groups in total. The zero-order chi connectivity index (χ0) is 19.9. The van der Waals surface area contributed by atoms with E-state index in [0.29, 0.717) is 6.92 Å². The van der Waals surface area contributed by atoms with E-state index < -0.39 is 36.0 Å². The minimum Gasteiger partial charge on any atom is -0.385 e. The first kappa shape index (κ1) is 21.6. The highest BCUT2D eigenvalue weighted by Crippen LogP contribution is 2.55. The van der Waals surface area contributed by atoms with Gasteiger partial charge in [-0.25, -0.2) is 0 Å². The molecule has 144 valence electrons. The maximum Gasteiger partial charge on any atom is 0.460 e. The van der Waals surface area contributed by atoms with Crippen molar-refractivity contribution in [2.45, 2.75) is 56.2 Å². The predicted octanol–water partition coefficient (Wildman–Crippen LogP) is 5.31. The molecule has 0 aliphatic rings. The lowest BCUT2D eigenvalue weighted by molar-refractivity contribution is -0.400. The van der Waals surface area contributed by atoms with Gasteiger partial charge in [-0.2, -0.15) is 39.5 Å². The van der Waals surface area contributed by atoms with Crippen LogP contribution in [0, 0.1) is 0 Å². The number of hydrogen-bond acceptors (Lipinski definition) is 1. The van der Waals surface area contributed by atoms with E-state index in [9.17, 15) is 44.6 Å². The van der Waals surface area contributed by atoms with E-state index in [1.807, 2.05) is 0 Å². The van der Waals surface area contributed by atoms with Crippen LogP contribution in [0.1, 0.15) is 31.4 Å². The fourth-order valence-corrected chi connectivity index (χ4v) is 2.40. The number of benzene rings is 1. The molecule has 0 aromatic heterocycles. The van der Waals surface area contributed by atoms with Crippen molar-refractivity contribution in [1.82, 2.24) is 0 Å². The first-order valence-corrected chi connectivity index (χ1v) is 7.02. The van der Waals surface area contributed by atoms with E-state index in [1.165, 1.54) is 18.2 Å². The predicted molar refractivity (Wildman–Crippen MR) is 70.9 cm³/mol. The van der Waals surface area contributed by atoms with Crippen LogP contribution in [0.5, 0.6) is 0 Å². The number of rotatable bonds is 6. The number of aliphatic hydroxyl groups is 1. The van der Waals surface area contributed by atoms with Crippen molar-refractivity contribution in [3.8, 4) is 0 Å². The highest BCUT2D eigenvalue weighted by atomic mass is 19.4. The molecule has 1 aromatic rings. The summed E-state index contributed by atoms with van der Waals surface area (Å²) in [6.07, 6.45) is -9.02. The number of hydrogen-bond donors (Lipinski definition) is 1. The molecule has 1 nitrogen and oxygen atoms in total. The molecule has 0 aliphatic carbocycles. The molecular formula is C15H15F9O. The second-order valence-electron chi connectivity index (χ2n) is 5.81.